The van der Waals surface area contributed by atoms with Crippen molar-refractivity contribution in [2.24, 2.45) is 0 Å². The van der Waals surface area contributed by atoms with Gasteiger partial charge in [0, 0.05) is 0 Å². The quantitative estimate of drug-likeness (QED) is 0.646. The van der Waals surface area contributed by atoms with Gasteiger partial charge in [-0.3, -0.25) is 10.1 Å². The number of thiocarbonyl (C=S) groups is 1. The van der Waals surface area contributed by atoms with Gasteiger partial charge in [0.1, 0.15) is 11.4 Å². The predicted molar refractivity (Wildman–Crippen MR) is 72.5 cm³/mol. The number of halogens is 1. The number of amides is 1. The molecule has 0 aliphatic carbocycles. The highest BCUT2D eigenvalue weighted by Gasteiger charge is 2.19. The van der Waals surface area contributed by atoms with Gasteiger partial charge in [-0.15, -0.1) is 0 Å². The van der Waals surface area contributed by atoms with E-state index in [4.69, 9.17) is 17.0 Å². The van der Waals surface area contributed by atoms with E-state index in [0.717, 1.165) is 15.8 Å². The molecule has 1 aliphatic rings. The standard InChI is InChI=1S/C11H9BrN2O2S/c1-16-9-3-2-6(4-7(9)12)5-8-10(15)14-11(17)13-8/h2-5H,1H3,(H2,13,14,15,17)/b8-5+. The summed E-state index contributed by atoms with van der Waals surface area (Å²) >= 11 is 8.22. The van der Waals surface area contributed by atoms with Crippen LogP contribution in [0.25, 0.3) is 6.08 Å². The van der Waals surface area contributed by atoms with Crippen LogP contribution in [0.3, 0.4) is 0 Å². The summed E-state index contributed by atoms with van der Waals surface area (Å²) in [5, 5.41) is 5.61. The molecule has 6 heteroatoms. The lowest BCUT2D eigenvalue weighted by Gasteiger charge is -2.03. The average molecular weight is 313 g/mol. The monoisotopic (exact) mass is 312 g/mol. The molecular weight excluding hydrogens is 304 g/mol. The second-order valence-corrected chi connectivity index (χ2v) is 4.62. The maximum absolute atomic E-state index is 11.4. The fourth-order valence-electron chi connectivity index (χ4n) is 1.42. The number of hydrogen-bond acceptors (Lipinski definition) is 3. The number of hydrogen-bond donors (Lipinski definition) is 2. The van der Waals surface area contributed by atoms with Gasteiger partial charge in [-0.2, -0.15) is 0 Å². The zero-order chi connectivity index (χ0) is 12.4. The smallest absolute Gasteiger partial charge is 0.273 e. The molecule has 0 saturated carbocycles. The second kappa shape index (κ2) is 4.85. The number of carbonyl (C=O) groups excluding carboxylic acids is 1. The third-order valence-corrected chi connectivity index (χ3v) is 3.03. The van der Waals surface area contributed by atoms with Crippen LogP contribution in [-0.4, -0.2) is 18.1 Å². The Labute approximate surface area is 112 Å². The molecule has 0 unspecified atom stereocenters. The van der Waals surface area contributed by atoms with Crippen molar-refractivity contribution in [1.82, 2.24) is 10.6 Å². The van der Waals surface area contributed by atoms with Crippen molar-refractivity contribution in [1.29, 1.82) is 0 Å². The molecule has 2 N–H and O–H groups in total. The van der Waals surface area contributed by atoms with Crippen LogP contribution in [0.4, 0.5) is 0 Å². The van der Waals surface area contributed by atoms with Crippen LogP contribution in [0.1, 0.15) is 5.56 Å². The highest BCUT2D eigenvalue weighted by Crippen LogP contribution is 2.26. The van der Waals surface area contributed by atoms with Crippen molar-refractivity contribution >= 4 is 45.2 Å². The van der Waals surface area contributed by atoms with E-state index in [1.807, 2.05) is 18.2 Å². The van der Waals surface area contributed by atoms with Gasteiger partial charge in [-0.05, 0) is 51.9 Å². The first-order valence-electron chi connectivity index (χ1n) is 4.77. The number of rotatable bonds is 2. The van der Waals surface area contributed by atoms with E-state index >= 15 is 0 Å². The lowest BCUT2D eigenvalue weighted by molar-refractivity contribution is -0.115. The van der Waals surface area contributed by atoms with Crippen LogP contribution in [0, 0.1) is 0 Å². The Kier molecular flexibility index (Phi) is 3.44. The largest absolute Gasteiger partial charge is 0.496 e. The summed E-state index contributed by atoms with van der Waals surface area (Å²) in [6, 6.07) is 5.54. The summed E-state index contributed by atoms with van der Waals surface area (Å²) in [7, 11) is 1.60. The molecule has 0 bridgehead atoms. The molecule has 1 fully saturated rings. The third kappa shape index (κ3) is 2.65. The van der Waals surface area contributed by atoms with Gasteiger partial charge in [-0.25, -0.2) is 0 Å². The van der Waals surface area contributed by atoms with E-state index in [1.165, 1.54) is 0 Å². The van der Waals surface area contributed by atoms with Gasteiger partial charge < -0.3 is 10.1 Å². The Balaban J connectivity index is 2.30. The minimum Gasteiger partial charge on any atom is -0.496 e. The van der Waals surface area contributed by atoms with E-state index in [0.29, 0.717) is 10.8 Å². The number of carbonyl (C=O) groups is 1. The first-order chi connectivity index (χ1) is 8.10. The number of benzene rings is 1. The number of ether oxygens (including phenoxy) is 1. The Morgan fingerprint density at radius 1 is 1.41 bits per heavy atom. The summed E-state index contributed by atoms with van der Waals surface area (Å²) in [6.45, 7) is 0. The topological polar surface area (TPSA) is 50.4 Å². The van der Waals surface area contributed by atoms with Crippen LogP contribution in [0.5, 0.6) is 5.75 Å². The zero-order valence-electron chi connectivity index (χ0n) is 8.91. The molecule has 1 heterocycles. The van der Waals surface area contributed by atoms with E-state index in [1.54, 1.807) is 13.2 Å². The molecule has 0 spiro atoms. The molecular formula is C11H9BrN2O2S. The van der Waals surface area contributed by atoms with Gasteiger partial charge in [0.15, 0.2) is 5.11 Å². The predicted octanol–water partition coefficient (Wildman–Crippen LogP) is 1.80. The van der Waals surface area contributed by atoms with Crippen LogP contribution in [0.15, 0.2) is 28.4 Å². The fourth-order valence-corrected chi connectivity index (χ4v) is 2.18. The first kappa shape index (κ1) is 12.1. The highest BCUT2D eigenvalue weighted by atomic mass is 79.9. The van der Waals surface area contributed by atoms with E-state index in [9.17, 15) is 4.79 Å². The van der Waals surface area contributed by atoms with Gasteiger partial charge in [0.2, 0.25) is 0 Å². The van der Waals surface area contributed by atoms with Crippen molar-refractivity contribution in [3.8, 4) is 5.75 Å². The Morgan fingerprint density at radius 2 is 2.18 bits per heavy atom. The summed E-state index contributed by atoms with van der Waals surface area (Å²) in [5.74, 6) is 0.522. The Bertz CT molecular complexity index is 528. The SMILES string of the molecule is COc1ccc(/C=C2/NC(=S)NC2=O)cc1Br. The van der Waals surface area contributed by atoms with Crippen LogP contribution in [-0.2, 0) is 4.79 Å². The summed E-state index contributed by atoms with van der Waals surface area (Å²) in [6.07, 6.45) is 1.72. The van der Waals surface area contributed by atoms with E-state index in [2.05, 4.69) is 26.6 Å². The number of nitrogens with one attached hydrogen (secondary N) is 2. The second-order valence-electron chi connectivity index (χ2n) is 3.36. The molecule has 1 aliphatic heterocycles. The molecule has 88 valence electrons. The fraction of sp³-hybridized carbons (Fsp3) is 0.0909. The van der Waals surface area contributed by atoms with Crippen molar-refractivity contribution in [2.45, 2.75) is 0 Å². The third-order valence-electron chi connectivity index (χ3n) is 2.21. The lowest BCUT2D eigenvalue weighted by atomic mass is 10.2. The minimum absolute atomic E-state index is 0.220. The Hall–Kier alpha value is -1.40. The molecule has 1 aromatic carbocycles. The zero-order valence-corrected chi connectivity index (χ0v) is 11.3. The number of methoxy groups -OCH3 is 1. The van der Waals surface area contributed by atoms with Gasteiger partial charge in [-0.1, -0.05) is 6.07 Å². The van der Waals surface area contributed by atoms with Gasteiger partial charge in [0.25, 0.3) is 5.91 Å². The minimum atomic E-state index is -0.220. The summed E-state index contributed by atoms with van der Waals surface area (Å²) in [5.41, 5.74) is 1.31. The molecule has 1 aromatic rings. The maximum atomic E-state index is 11.4. The van der Waals surface area contributed by atoms with Gasteiger partial charge >= 0.3 is 0 Å². The molecule has 0 atom stereocenters. The maximum Gasteiger partial charge on any atom is 0.273 e. The van der Waals surface area contributed by atoms with E-state index < -0.39 is 0 Å². The summed E-state index contributed by atoms with van der Waals surface area (Å²) in [4.78, 5) is 11.4. The highest BCUT2D eigenvalue weighted by molar-refractivity contribution is 9.10. The van der Waals surface area contributed by atoms with Gasteiger partial charge in [0.05, 0.1) is 11.6 Å². The van der Waals surface area contributed by atoms with E-state index in [-0.39, 0.29) is 5.91 Å². The van der Waals surface area contributed by atoms with Crippen LogP contribution in [0.2, 0.25) is 0 Å². The lowest BCUT2D eigenvalue weighted by Crippen LogP contribution is -2.21. The normalized spacial score (nSPS) is 16.9. The van der Waals surface area contributed by atoms with Crippen molar-refractivity contribution < 1.29 is 9.53 Å². The average Bonchev–Trinajstić information content (AvgIpc) is 2.58. The Morgan fingerprint density at radius 3 is 2.71 bits per heavy atom. The van der Waals surface area contributed by atoms with Crippen LogP contribution >= 0.6 is 28.1 Å². The molecule has 1 amide bonds. The molecule has 0 aromatic heterocycles. The molecule has 17 heavy (non-hydrogen) atoms. The first-order valence-corrected chi connectivity index (χ1v) is 5.98. The van der Waals surface area contributed by atoms with Crippen molar-refractivity contribution in [3.05, 3.63) is 33.9 Å². The van der Waals surface area contributed by atoms with Crippen molar-refractivity contribution in [3.63, 3.8) is 0 Å². The van der Waals surface area contributed by atoms with Crippen molar-refractivity contribution in [2.75, 3.05) is 7.11 Å². The molecule has 0 radical (unpaired) electrons. The van der Waals surface area contributed by atoms with Crippen LogP contribution < -0.4 is 15.4 Å². The molecule has 4 nitrogen and oxygen atoms in total. The summed E-state index contributed by atoms with van der Waals surface area (Å²) < 4.78 is 5.95. The molecule has 1 saturated heterocycles. The molecule has 2 rings (SSSR count).